The second-order valence-electron chi connectivity index (χ2n) is 12.8. The number of hydrogen-bond acceptors (Lipinski definition) is 9. The second-order valence-corrected chi connectivity index (χ2v) is 12.8. The summed E-state index contributed by atoms with van der Waals surface area (Å²) in [5, 5.41) is 2.85. The lowest BCUT2D eigenvalue weighted by Gasteiger charge is -2.36. The molecule has 1 saturated heterocycles. The SMILES string of the molecule is CCOC(=O)N1CCN(C(=O)C(CCC(=O)OC(C)(C)C)NC(=O)c2cc(CN(C)Cc3ccccc3)nc(-c3ccccc3)n2)CC1. The van der Waals surface area contributed by atoms with Gasteiger partial charge in [-0.2, -0.15) is 0 Å². The summed E-state index contributed by atoms with van der Waals surface area (Å²) in [5.41, 5.74) is 1.94. The number of esters is 1. The fraction of sp³-hybridized carbons (Fsp3) is 0.444. The minimum atomic E-state index is -1.03. The number of carbonyl (C=O) groups is 4. The van der Waals surface area contributed by atoms with Gasteiger partial charge in [-0.1, -0.05) is 60.7 Å². The van der Waals surface area contributed by atoms with Gasteiger partial charge in [0.05, 0.1) is 12.3 Å². The molecule has 2 aromatic carbocycles. The van der Waals surface area contributed by atoms with Crippen LogP contribution in [0, 0.1) is 0 Å². The molecule has 1 fully saturated rings. The van der Waals surface area contributed by atoms with E-state index in [1.54, 1.807) is 43.6 Å². The van der Waals surface area contributed by atoms with Crippen LogP contribution in [0.5, 0.6) is 0 Å². The molecule has 12 nitrogen and oxygen atoms in total. The van der Waals surface area contributed by atoms with Gasteiger partial charge in [-0.3, -0.25) is 19.3 Å². The van der Waals surface area contributed by atoms with E-state index in [0.29, 0.717) is 37.7 Å². The highest BCUT2D eigenvalue weighted by atomic mass is 16.6. The summed E-state index contributed by atoms with van der Waals surface area (Å²) in [7, 11) is 1.98. The van der Waals surface area contributed by atoms with Crippen molar-refractivity contribution in [2.75, 3.05) is 39.8 Å². The van der Waals surface area contributed by atoms with Gasteiger partial charge in [0.15, 0.2) is 5.82 Å². The molecule has 0 bridgehead atoms. The molecule has 0 aliphatic carbocycles. The number of hydrogen-bond donors (Lipinski definition) is 1. The van der Waals surface area contributed by atoms with Gasteiger partial charge in [0.25, 0.3) is 5.91 Å². The molecule has 1 atom stereocenters. The molecule has 1 aliphatic rings. The summed E-state index contributed by atoms with van der Waals surface area (Å²) in [4.78, 5) is 67.1. The molecule has 12 heteroatoms. The summed E-state index contributed by atoms with van der Waals surface area (Å²) in [6.45, 7) is 9.55. The summed E-state index contributed by atoms with van der Waals surface area (Å²) in [6, 6.07) is 20.0. The van der Waals surface area contributed by atoms with Gasteiger partial charge >= 0.3 is 12.1 Å². The Morgan fingerprint density at radius 1 is 0.896 bits per heavy atom. The number of nitrogens with zero attached hydrogens (tertiary/aromatic N) is 5. The van der Waals surface area contributed by atoms with Crippen LogP contribution >= 0.6 is 0 Å². The smallest absolute Gasteiger partial charge is 0.409 e. The van der Waals surface area contributed by atoms with Crippen LogP contribution in [-0.4, -0.2) is 100 Å². The molecule has 1 aromatic heterocycles. The molecule has 4 rings (SSSR count). The molecule has 0 radical (unpaired) electrons. The Balaban J connectivity index is 1.56. The molecule has 2 heterocycles. The Labute approximate surface area is 282 Å². The molecule has 3 aromatic rings. The number of amides is 3. The van der Waals surface area contributed by atoms with E-state index in [1.165, 1.54) is 0 Å². The number of aromatic nitrogens is 2. The largest absolute Gasteiger partial charge is 0.460 e. The van der Waals surface area contributed by atoms with Crippen molar-refractivity contribution < 1.29 is 28.7 Å². The summed E-state index contributed by atoms with van der Waals surface area (Å²) in [6.07, 6.45) is -0.478. The highest BCUT2D eigenvalue weighted by Crippen LogP contribution is 2.18. The number of carbonyl (C=O) groups excluding carboxylic acids is 4. The normalized spacial score (nSPS) is 14.0. The zero-order valence-electron chi connectivity index (χ0n) is 28.5. The molecule has 0 spiro atoms. The molecule has 0 saturated carbocycles. The van der Waals surface area contributed by atoms with Crippen molar-refractivity contribution in [1.82, 2.24) is 30.0 Å². The van der Waals surface area contributed by atoms with Crippen molar-refractivity contribution in [2.45, 2.75) is 65.3 Å². The first-order chi connectivity index (χ1) is 22.9. The third kappa shape index (κ3) is 10.9. The molecular weight excluding hydrogens is 612 g/mol. The lowest BCUT2D eigenvalue weighted by molar-refractivity contribution is -0.155. The highest BCUT2D eigenvalue weighted by molar-refractivity contribution is 5.96. The van der Waals surface area contributed by atoms with Gasteiger partial charge in [0, 0.05) is 51.3 Å². The van der Waals surface area contributed by atoms with E-state index in [0.717, 1.165) is 11.1 Å². The van der Waals surface area contributed by atoms with Gasteiger partial charge in [0.1, 0.15) is 17.3 Å². The molecule has 1 aliphatic heterocycles. The minimum absolute atomic E-state index is 0.0286. The first-order valence-corrected chi connectivity index (χ1v) is 16.3. The summed E-state index contributed by atoms with van der Waals surface area (Å²) < 4.78 is 10.6. The van der Waals surface area contributed by atoms with Gasteiger partial charge in [-0.25, -0.2) is 14.8 Å². The van der Waals surface area contributed by atoms with Gasteiger partial charge < -0.3 is 24.6 Å². The molecular formula is C36H46N6O6. The third-order valence-electron chi connectivity index (χ3n) is 7.55. The maximum absolute atomic E-state index is 13.9. The van der Waals surface area contributed by atoms with Gasteiger partial charge in [-0.15, -0.1) is 0 Å². The van der Waals surface area contributed by atoms with Crippen LogP contribution in [0.4, 0.5) is 4.79 Å². The van der Waals surface area contributed by atoms with Crippen molar-refractivity contribution in [3.8, 4) is 11.4 Å². The van der Waals surface area contributed by atoms with E-state index >= 15 is 0 Å². The lowest BCUT2D eigenvalue weighted by Crippen LogP contribution is -2.56. The van der Waals surface area contributed by atoms with E-state index < -0.39 is 29.6 Å². The fourth-order valence-electron chi connectivity index (χ4n) is 5.33. The maximum atomic E-state index is 13.9. The zero-order valence-corrected chi connectivity index (χ0v) is 28.5. The van der Waals surface area contributed by atoms with Crippen molar-refractivity contribution in [2.24, 2.45) is 0 Å². The number of ether oxygens (including phenoxy) is 2. The van der Waals surface area contributed by atoms with Crippen LogP contribution in [0.1, 0.15) is 62.3 Å². The quantitative estimate of drug-likeness (QED) is 0.283. The number of nitrogens with one attached hydrogen (secondary N) is 1. The monoisotopic (exact) mass is 658 g/mol. The molecule has 48 heavy (non-hydrogen) atoms. The van der Waals surface area contributed by atoms with Crippen LogP contribution in [0.15, 0.2) is 66.7 Å². The number of benzene rings is 2. The highest BCUT2D eigenvalue weighted by Gasteiger charge is 2.32. The van der Waals surface area contributed by atoms with Gasteiger partial charge in [0.2, 0.25) is 5.91 Å². The zero-order chi connectivity index (χ0) is 34.7. The Kier molecular flexibility index (Phi) is 12.6. The average molecular weight is 659 g/mol. The Morgan fingerprint density at radius 3 is 2.15 bits per heavy atom. The van der Waals surface area contributed by atoms with Crippen molar-refractivity contribution >= 4 is 23.9 Å². The van der Waals surface area contributed by atoms with E-state index in [-0.39, 0.29) is 44.1 Å². The topological polar surface area (TPSA) is 134 Å². The van der Waals surface area contributed by atoms with E-state index in [1.807, 2.05) is 55.6 Å². The first kappa shape index (κ1) is 36.0. The third-order valence-corrected chi connectivity index (χ3v) is 7.55. The van der Waals surface area contributed by atoms with E-state index in [9.17, 15) is 19.2 Å². The standard InChI is InChI=1S/C36H46N6O6/c1-6-47-35(46)42-21-19-41(20-22-42)34(45)29(17-18-31(43)48-36(2,3)4)39-33(44)30-23-28(25-40(5)24-26-13-9-7-10-14-26)37-32(38-30)27-15-11-8-12-16-27/h7-16,23,29H,6,17-22,24-25H2,1-5H3,(H,39,44). The van der Waals surface area contributed by atoms with Crippen LogP contribution in [0.25, 0.3) is 11.4 Å². The summed E-state index contributed by atoms with van der Waals surface area (Å²) >= 11 is 0. The van der Waals surface area contributed by atoms with Crippen molar-refractivity contribution in [1.29, 1.82) is 0 Å². The lowest BCUT2D eigenvalue weighted by atomic mass is 10.1. The van der Waals surface area contributed by atoms with Crippen molar-refractivity contribution in [3.63, 3.8) is 0 Å². The Hall–Kier alpha value is -4.84. The Bertz CT molecular complexity index is 1540. The van der Waals surface area contributed by atoms with Crippen LogP contribution < -0.4 is 5.32 Å². The second kappa shape index (κ2) is 16.8. The summed E-state index contributed by atoms with van der Waals surface area (Å²) in [5.74, 6) is -0.998. The van der Waals surface area contributed by atoms with Crippen LogP contribution in [0.2, 0.25) is 0 Å². The Morgan fingerprint density at radius 2 is 1.52 bits per heavy atom. The molecule has 256 valence electrons. The van der Waals surface area contributed by atoms with Crippen LogP contribution in [-0.2, 0) is 32.2 Å². The number of rotatable bonds is 12. The van der Waals surface area contributed by atoms with E-state index in [4.69, 9.17) is 14.5 Å². The van der Waals surface area contributed by atoms with Crippen molar-refractivity contribution in [3.05, 3.63) is 83.7 Å². The van der Waals surface area contributed by atoms with Crippen LogP contribution in [0.3, 0.4) is 0 Å². The molecule has 1 unspecified atom stereocenters. The first-order valence-electron chi connectivity index (χ1n) is 16.3. The molecule has 1 N–H and O–H groups in total. The minimum Gasteiger partial charge on any atom is -0.460 e. The number of piperazine rings is 1. The predicted molar refractivity (Wildman–Crippen MR) is 181 cm³/mol. The van der Waals surface area contributed by atoms with E-state index in [2.05, 4.69) is 27.3 Å². The molecule has 3 amide bonds. The van der Waals surface area contributed by atoms with Gasteiger partial charge in [-0.05, 0) is 52.8 Å². The predicted octanol–water partition coefficient (Wildman–Crippen LogP) is 4.30. The maximum Gasteiger partial charge on any atom is 0.409 e. The fourth-order valence-corrected chi connectivity index (χ4v) is 5.33. The average Bonchev–Trinajstić information content (AvgIpc) is 3.06.